The van der Waals surface area contributed by atoms with E-state index in [0.717, 1.165) is 22.6 Å². The van der Waals surface area contributed by atoms with Crippen molar-refractivity contribution in [2.75, 3.05) is 13.2 Å². The summed E-state index contributed by atoms with van der Waals surface area (Å²) in [4.78, 5) is 0. The summed E-state index contributed by atoms with van der Waals surface area (Å²) in [5.41, 5.74) is 1.98. The van der Waals surface area contributed by atoms with Crippen molar-refractivity contribution in [3.05, 3.63) is 59.4 Å². The van der Waals surface area contributed by atoms with Gasteiger partial charge in [-0.2, -0.15) is 0 Å². The van der Waals surface area contributed by atoms with E-state index in [1.807, 2.05) is 31.2 Å². The van der Waals surface area contributed by atoms with Gasteiger partial charge in [0.25, 0.3) is 0 Å². The molecule has 2 aromatic carbocycles. The van der Waals surface area contributed by atoms with Crippen LogP contribution in [0.2, 0.25) is 0 Å². The number of rotatable bonds is 4. The van der Waals surface area contributed by atoms with Gasteiger partial charge in [0.15, 0.2) is 11.5 Å². The van der Waals surface area contributed by atoms with Gasteiger partial charge < -0.3 is 14.8 Å². The second-order valence-electron chi connectivity index (χ2n) is 5.10. The lowest BCUT2D eigenvalue weighted by Gasteiger charge is -2.22. The third kappa shape index (κ3) is 3.16. The Hall–Kier alpha value is -2.07. The molecule has 4 heteroatoms. The van der Waals surface area contributed by atoms with E-state index in [1.54, 1.807) is 12.1 Å². The second-order valence-corrected chi connectivity index (χ2v) is 5.10. The molecule has 1 N–H and O–H groups in total. The lowest BCUT2D eigenvalue weighted by atomic mass is 10.1. The number of nitrogens with one attached hydrogen (secondary N) is 1. The minimum absolute atomic E-state index is 0.0565. The third-order valence-electron chi connectivity index (χ3n) is 3.60. The van der Waals surface area contributed by atoms with Gasteiger partial charge in [-0.25, -0.2) is 4.39 Å². The average molecular weight is 287 g/mol. The van der Waals surface area contributed by atoms with E-state index < -0.39 is 0 Å². The first-order valence-electron chi connectivity index (χ1n) is 7.10. The Balaban J connectivity index is 1.70. The van der Waals surface area contributed by atoms with E-state index in [2.05, 4.69) is 5.32 Å². The molecule has 0 bridgehead atoms. The maximum absolute atomic E-state index is 13.3. The van der Waals surface area contributed by atoms with Gasteiger partial charge in [0.05, 0.1) is 0 Å². The van der Waals surface area contributed by atoms with Crippen molar-refractivity contribution in [3.63, 3.8) is 0 Å². The van der Waals surface area contributed by atoms with Crippen LogP contribution in [0, 0.1) is 5.82 Å². The van der Waals surface area contributed by atoms with Crippen LogP contribution < -0.4 is 14.8 Å². The van der Waals surface area contributed by atoms with Crippen LogP contribution in [0.25, 0.3) is 0 Å². The van der Waals surface area contributed by atoms with Crippen LogP contribution in [0.3, 0.4) is 0 Å². The highest BCUT2D eigenvalue weighted by Gasteiger charge is 2.16. The van der Waals surface area contributed by atoms with Crippen LogP contribution in [0.4, 0.5) is 4.39 Å². The number of halogens is 1. The fourth-order valence-electron chi connectivity index (χ4n) is 2.43. The number of fused-ring (bicyclic) bond motifs is 1. The molecule has 3 nitrogen and oxygen atoms in total. The largest absolute Gasteiger partial charge is 0.486 e. The SMILES string of the molecule is C[C@H](NCc1cccc2c1OCCO2)c1cccc(F)c1. The van der Waals surface area contributed by atoms with Gasteiger partial charge in [-0.05, 0) is 30.7 Å². The molecule has 110 valence electrons. The fraction of sp³-hybridized carbons (Fsp3) is 0.294. The minimum Gasteiger partial charge on any atom is -0.486 e. The van der Waals surface area contributed by atoms with Crippen molar-refractivity contribution in [1.29, 1.82) is 0 Å². The topological polar surface area (TPSA) is 30.5 Å². The summed E-state index contributed by atoms with van der Waals surface area (Å²) < 4.78 is 24.5. The minimum atomic E-state index is -0.213. The smallest absolute Gasteiger partial charge is 0.165 e. The summed E-state index contributed by atoms with van der Waals surface area (Å²) in [5.74, 6) is 1.39. The summed E-state index contributed by atoms with van der Waals surface area (Å²) >= 11 is 0. The molecule has 21 heavy (non-hydrogen) atoms. The first-order valence-corrected chi connectivity index (χ1v) is 7.10. The molecule has 0 unspecified atom stereocenters. The summed E-state index contributed by atoms with van der Waals surface area (Å²) in [6, 6.07) is 12.6. The number of benzene rings is 2. The number of hydrogen-bond donors (Lipinski definition) is 1. The first-order chi connectivity index (χ1) is 10.2. The highest BCUT2D eigenvalue weighted by molar-refractivity contribution is 5.47. The monoisotopic (exact) mass is 287 g/mol. The van der Waals surface area contributed by atoms with Gasteiger partial charge in [0.1, 0.15) is 19.0 Å². The molecule has 0 aliphatic carbocycles. The summed E-state index contributed by atoms with van der Waals surface area (Å²) in [6.45, 7) is 3.82. The van der Waals surface area contributed by atoms with Crippen molar-refractivity contribution in [2.24, 2.45) is 0 Å². The molecular formula is C17H18FNO2. The van der Waals surface area contributed by atoms with E-state index in [1.165, 1.54) is 6.07 Å². The number of ether oxygens (including phenoxy) is 2. The van der Waals surface area contributed by atoms with Crippen molar-refractivity contribution < 1.29 is 13.9 Å². The predicted octanol–water partition coefficient (Wildman–Crippen LogP) is 3.45. The molecule has 0 radical (unpaired) electrons. The van der Waals surface area contributed by atoms with E-state index in [9.17, 15) is 4.39 Å². The van der Waals surface area contributed by atoms with Crippen LogP contribution in [0.15, 0.2) is 42.5 Å². The van der Waals surface area contributed by atoms with E-state index in [4.69, 9.17) is 9.47 Å². The maximum Gasteiger partial charge on any atom is 0.165 e. The Morgan fingerprint density at radius 2 is 1.95 bits per heavy atom. The standard InChI is InChI=1S/C17H18FNO2/c1-12(13-4-2-6-15(18)10-13)19-11-14-5-3-7-16-17(14)21-9-8-20-16/h2-7,10,12,19H,8-9,11H2,1H3/t12-/m0/s1. The van der Waals surface area contributed by atoms with Crippen LogP contribution in [0.5, 0.6) is 11.5 Å². The highest BCUT2D eigenvalue weighted by Crippen LogP contribution is 2.33. The molecule has 1 aliphatic heterocycles. The average Bonchev–Trinajstić information content (AvgIpc) is 2.52. The van der Waals surface area contributed by atoms with E-state index >= 15 is 0 Å². The molecule has 0 fully saturated rings. The molecule has 0 aromatic heterocycles. The Kier molecular flexibility index (Phi) is 4.06. The molecule has 0 spiro atoms. The molecule has 0 amide bonds. The molecule has 3 rings (SSSR count). The van der Waals surface area contributed by atoms with E-state index in [-0.39, 0.29) is 11.9 Å². The molecule has 1 aliphatic rings. The van der Waals surface area contributed by atoms with Gasteiger partial charge in [0, 0.05) is 18.2 Å². The molecule has 0 saturated carbocycles. The zero-order valence-corrected chi connectivity index (χ0v) is 11.9. The second kappa shape index (κ2) is 6.14. The maximum atomic E-state index is 13.3. The van der Waals surface area contributed by atoms with E-state index in [0.29, 0.717) is 19.8 Å². The van der Waals surface area contributed by atoms with Crippen LogP contribution in [-0.4, -0.2) is 13.2 Å². The zero-order valence-electron chi connectivity index (χ0n) is 11.9. The Morgan fingerprint density at radius 3 is 2.81 bits per heavy atom. The summed E-state index contributed by atoms with van der Waals surface area (Å²) in [5, 5.41) is 3.39. The van der Waals surface area contributed by atoms with Crippen LogP contribution in [-0.2, 0) is 6.54 Å². The molecular weight excluding hydrogens is 269 g/mol. The molecule has 0 saturated heterocycles. The molecule has 1 heterocycles. The van der Waals surface area contributed by atoms with Gasteiger partial charge >= 0.3 is 0 Å². The van der Waals surface area contributed by atoms with Crippen LogP contribution >= 0.6 is 0 Å². The number of para-hydroxylation sites is 1. The predicted molar refractivity (Wildman–Crippen MR) is 79.1 cm³/mol. The van der Waals surface area contributed by atoms with Crippen molar-refractivity contribution >= 4 is 0 Å². The van der Waals surface area contributed by atoms with Gasteiger partial charge in [0.2, 0.25) is 0 Å². The quantitative estimate of drug-likeness (QED) is 0.934. The van der Waals surface area contributed by atoms with Crippen LogP contribution in [0.1, 0.15) is 24.1 Å². The third-order valence-corrected chi connectivity index (χ3v) is 3.60. The van der Waals surface area contributed by atoms with Crippen molar-refractivity contribution in [3.8, 4) is 11.5 Å². The van der Waals surface area contributed by atoms with Crippen molar-refractivity contribution in [2.45, 2.75) is 19.5 Å². The molecule has 1 atom stereocenters. The van der Waals surface area contributed by atoms with Crippen molar-refractivity contribution in [1.82, 2.24) is 5.32 Å². The Bertz CT molecular complexity index is 630. The zero-order chi connectivity index (χ0) is 14.7. The van der Waals surface area contributed by atoms with Gasteiger partial charge in [-0.15, -0.1) is 0 Å². The van der Waals surface area contributed by atoms with Gasteiger partial charge in [-0.1, -0.05) is 24.3 Å². The molecule has 2 aromatic rings. The highest BCUT2D eigenvalue weighted by atomic mass is 19.1. The lowest BCUT2D eigenvalue weighted by Crippen LogP contribution is -2.21. The lowest BCUT2D eigenvalue weighted by molar-refractivity contribution is 0.169. The fourth-order valence-corrected chi connectivity index (χ4v) is 2.43. The van der Waals surface area contributed by atoms with Gasteiger partial charge in [-0.3, -0.25) is 0 Å². The normalized spacial score (nSPS) is 14.8. The summed E-state index contributed by atoms with van der Waals surface area (Å²) in [6.07, 6.45) is 0. The summed E-state index contributed by atoms with van der Waals surface area (Å²) in [7, 11) is 0. The first kappa shape index (κ1) is 13.9. The Morgan fingerprint density at radius 1 is 1.14 bits per heavy atom. The number of hydrogen-bond acceptors (Lipinski definition) is 3. The Labute approximate surface area is 123 Å².